The summed E-state index contributed by atoms with van der Waals surface area (Å²) in [6, 6.07) is 4.27. The van der Waals surface area contributed by atoms with E-state index >= 15 is 0 Å². The van der Waals surface area contributed by atoms with E-state index in [-0.39, 0.29) is 4.82 Å². The molecule has 0 bridgehead atoms. The van der Waals surface area contributed by atoms with Crippen LogP contribution in [-0.4, -0.2) is 11.4 Å². The molecule has 0 fully saturated rings. The molecule has 0 saturated heterocycles. The molecule has 0 aliphatic carbocycles. The zero-order valence-corrected chi connectivity index (χ0v) is 10.9. The third-order valence-corrected chi connectivity index (χ3v) is 3.11. The number of carbonyl (C=O) groups excluding carboxylic acids is 1. The number of halogens is 1. The molecule has 1 amide bonds. The standard InChI is InChI=1S/C12H16BrNO/c1-8-4-5-11(10(3)9(8)2)6-7-14-12(13)15/h4-5H,6-7H2,1-3H3,(H,14,15). The second-order valence-corrected chi connectivity index (χ2v) is 4.46. The molecule has 0 spiro atoms. The van der Waals surface area contributed by atoms with Gasteiger partial charge < -0.3 is 5.32 Å². The van der Waals surface area contributed by atoms with Gasteiger partial charge in [0.1, 0.15) is 0 Å². The van der Waals surface area contributed by atoms with Crippen LogP contribution in [0, 0.1) is 20.8 Å². The van der Waals surface area contributed by atoms with Gasteiger partial charge in [-0.1, -0.05) is 12.1 Å². The van der Waals surface area contributed by atoms with Crippen molar-refractivity contribution < 1.29 is 4.79 Å². The molecule has 0 aromatic heterocycles. The quantitative estimate of drug-likeness (QED) is 0.663. The highest BCUT2D eigenvalue weighted by atomic mass is 79.9. The van der Waals surface area contributed by atoms with Crippen LogP contribution >= 0.6 is 15.9 Å². The van der Waals surface area contributed by atoms with E-state index in [2.05, 4.69) is 54.2 Å². The first-order valence-electron chi connectivity index (χ1n) is 5.01. The van der Waals surface area contributed by atoms with E-state index in [1.807, 2.05) is 0 Å². The van der Waals surface area contributed by atoms with Gasteiger partial charge in [0.2, 0.25) is 0 Å². The molecule has 0 radical (unpaired) electrons. The Morgan fingerprint density at radius 2 is 1.93 bits per heavy atom. The number of nitrogens with one attached hydrogen (secondary N) is 1. The van der Waals surface area contributed by atoms with Crippen LogP contribution in [0.15, 0.2) is 12.1 Å². The van der Waals surface area contributed by atoms with Crippen molar-refractivity contribution >= 4 is 20.7 Å². The van der Waals surface area contributed by atoms with Gasteiger partial charge in [0.05, 0.1) is 0 Å². The molecule has 0 heterocycles. The van der Waals surface area contributed by atoms with Crippen molar-refractivity contribution in [1.29, 1.82) is 0 Å². The highest BCUT2D eigenvalue weighted by Gasteiger charge is 2.03. The van der Waals surface area contributed by atoms with Crippen LogP contribution in [-0.2, 0) is 6.42 Å². The van der Waals surface area contributed by atoms with Gasteiger partial charge in [0.25, 0.3) is 4.82 Å². The van der Waals surface area contributed by atoms with Crippen molar-refractivity contribution in [2.75, 3.05) is 6.54 Å². The minimum absolute atomic E-state index is 0.149. The number of carbonyl (C=O) groups is 1. The largest absolute Gasteiger partial charge is 0.346 e. The van der Waals surface area contributed by atoms with Crippen LogP contribution in [0.1, 0.15) is 22.3 Å². The Morgan fingerprint density at radius 1 is 1.27 bits per heavy atom. The number of amides is 1. The normalized spacial score (nSPS) is 10.1. The van der Waals surface area contributed by atoms with E-state index in [1.165, 1.54) is 22.3 Å². The Labute approximate surface area is 99.2 Å². The number of benzene rings is 1. The highest BCUT2D eigenvalue weighted by molar-refractivity contribution is 9.18. The number of rotatable bonds is 3. The lowest BCUT2D eigenvalue weighted by Gasteiger charge is -2.11. The lowest BCUT2D eigenvalue weighted by molar-refractivity contribution is 0.262. The Hall–Kier alpha value is -0.830. The highest BCUT2D eigenvalue weighted by Crippen LogP contribution is 2.17. The van der Waals surface area contributed by atoms with Gasteiger partial charge in [-0.15, -0.1) is 0 Å². The second kappa shape index (κ2) is 5.31. The maximum Gasteiger partial charge on any atom is 0.287 e. The zero-order chi connectivity index (χ0) is 11.4. The zero-order valence-electron chi connectivity index (χ0n) is 9.36. The first kappa shape index (κ1) is 12.2. The summed E-state index contributed by atoms with van der Waals surface area (Å²) in [4.78, 5) is 10.5. The molecule has 2 nitrogen and oxygen atoms in total. The van der Waals surface area contributed by atoms with Gasteiger partial charge >= 0.3 is 0 Å². The molecule has 1 rings (SSSR count). The molecule has 15 heavy (non-hydrogen) atoms. The van der Waals surface area contributed by atoms with Crippen LogP contribution in [0.25, 0.3) is 0 Å². The fourth-order valence-corrected chi connectivity index (χ4v) is 1.78. The Morgan fingerprint density at radius 3 is 2.53 bits per heavy atom. The molecule has 0 saturated carbocycles. The molecule has 82 valence electrons. The Bertz CT molecular complexity index is 374. The van der Waals surface area contributed by atoms with E-state index in [0.717, 1.165) is 6.42 Å². The first-order chi connectivity index (χ1) is 7.02. The molecular weight excluding hydrogens is 254 g/mol. The van der Waals surface area contributed by atoms with Crippen LogP contribution in [0.5, 0.6) is 0 Å². The third kappa shape index (κ3) is 3.34. The van der Waals surface area contributed by atoms with Crippen molar-refractivity contribution in [3.8, 4) is 0 Å². The van der Waals surface area contributed by atoms with Crippen molar-refractivity contribution in [1.82, 2.24) is 5.32 Å². The van der Waals surface area contributed by atoms with Crippen molar-refractivity contribution in [2.24, 2.45) is 0 Å². The van der Waals surface area contributed by atoms with E-state index < -0.39 is 0 Å². The van der Waals surface area contributed by atoms with Crippen LogP contribution < -0.4 is 5.32 Å². The SMILES string of the molecule is Cc1ccc(CCNC(=O)Br)c(C)c1C. The maximum absolute atomic E-state index is 10.6. The monoisotopic (exact) mass is 269 g/mol. The average Bonchev–Trinajstić information content (AvgIpc) is 2.18. The van der Waals surface area contributed by atoms with E-state index in [4.69, 9.17) is 0 Å². The Kier molecular flexibility index (Phi) is 4.33. The summed E-state index contributed by atoms with van der Waals surface area (Å²) in [5, 5.41) is 2.73. The Balaban J connectivity index is 2.70. The fourth-order valence-electron chi connectivity index (χ4n) is 1.58. The molecule has 0 unspecified atom stereocenters. The van der Waals surface area contributed by atoms with E-state index in [9.17, 15) is 4.79 Å². The summed E-state index contributed by atoms with van der Waals surface area (Å²) in [7, 11) is 0. The number of hydrogen-bond acceptors (Lipinski definition) is 1. The summed E-state index contributed by atoms with van der Waals surface area (Å²) in [6.07, 6.45) is 0.879. The molecule has 3 heteroatoms. The molecular formula is C12H16BrNO. The molecule has 0 atom stereocenters. The van der Waals surface area contributed by atoms with Gasteiger partial charge in [-0.05, 0) is 49.4 Å². The van der Waals surface area contributed by atoms with Crippen LogP contribution in [0.4, 0.5) is 4.79 Å². The molecule has 0 aliphatic rings. The molecule has 1 aromatic rings. The molecule has 1 aromatic carbocycles. The van der Waals surface area contributed by atoms with Gasteiger partial charge in [0, 0.05) is 22.5 Å². The summed E-state index contributed by atoms with van der Waals surface area (Å²) in [5.41, 5.74) is 5.30. The van der Waals surface area contributed by atoms with Crippen LogP contribution in [0.3, 0.4) is 0 Å². The van der Waals surface area contributed by atoms with Crippen molar-refractivity contribution in [3.05, 3.63) is 34.4 Å². The summed E-state index contributed by atoms with van der Waals surface area (Å²) >= 11 is 2.84. The van der Waals surface area contributed by atoms with Gasteiger partial charge in [-0.2, -0.15) is 0 Å². The van der Waals surface area contributed by atoms with Gasteiger partial charge in [-0.25, -0.2) is 0 Å². The second-order valence-electron chi connectivity index (χ2n) is 3.74. The summed E-state index contributed by atoms with van der Waals surface area (Å²) < 4.78 is 0. The lowest BCUT2D eigenvalue weighted by atomic mass is 9.97. The fraction of sp³-hybridized carbons (Fsp3) is 0.417. The predicted octanol–water partition coefficient (Wildman–Crippen LogP) is 3.26. The predicted molar refractivity (Wildman–Crippen MR) is 66.7 cm³/mol. The van der Waals surface area contributed by atoms with Crippen molar-refractivity contribution in [2.45, 2.75) is 27.2 Å². The minimum atomic E-state index is -0.149. The summed E-state index contributed by atoms with van der Waals surface area (Å²) in [6.45, 7) is 7.06. The lowest BCUT2D eigenvalue weighted by Crippen LogP contribution is -2.19. The third-order valence-electron chi connectivity index (χ3n) is 2.83. The number of aryl methyl sites for hydroxylation is 1. The topological polar surface area (TPSA) is 29.1 Å². The average molecular weight is 270 g/mol. The minimum Gasteiger partial charge on any atom is -0.346 e. The number of hydrogen-bond donors (Lipinski definition) is 1. The smallest absolute Gasteiger partial charge is 0.287 e. The first-order valence-corrected chi connectivity index (χ1v) is 5.80. The maximum atomic E-state index is 10.6. The molecule has 0 aliphatic heterocycles. The van der Waals surface area contributed by atoms with E-state index in [1.54, 1.807) is 0 Å². The van der Waals surface area contributed by atoms with Crippen LogP contribution in [0.2, 0.25) is 0 Å². The van der Waals surface area contributed by atoms with Crippen molar-refractivity contribution in [3.63, 3.8) is 0 Å². The van der Waals surface area contributed by atoms with Gasteiger partial charge in [0.15, 0.2) is 0 Å². The van der Waals surface area contributed by atoms with Gasteiger partial charge in [-0.3, -0.25) is 4.79 Å². The molecule has 1 N–H and O–H groups in total. The summed E-state index contributed by atoms with van der Waals surface area (Å²) in [5.74, 6) is 0. The van der Waals surface area contributed by atoms with E-state index in [0.29, 0.717) is 6.54 Å².